The Hall–Kier alpha value is -2.90. The molecule has 0 aliphatic carbocycles. The molecule has 0 radical (unpaired) electrons. The van der Waals surface area contributed by atoms with Gasteiger partial charge < -0.3 is 20.1 Å². The highest BCUT2D eigenvalue weighted by Crippen LogP contribution is 2.21. The molecule has 0 bridgehead atoms. The Balaban J connectivity index is 2.17. The van der Waals surface area contributed by atoms with Crippen molar-refractivity contribution in [3.8, 4) is 11.8 Å². The number of hydrogen-bond acceptors (Lipinski definition) is 8. The number of rotatable bonds is 8. The van der Waals surface area contributed by atoms with Gasteiger partial charge in [-0.1, -0.05) is 0 Å². The molecule has 0 atom stereocenters. The topological polar surface area (TPSA) is 98.3 Å². The maximum atomic E-state index is 11.7. The van der Waals surface area contributed by atoms with Crippen LogP contribution in [0.2, 0.25) is 0 Å². The summed E-state index contributed by atoms with van der Waals surface area (Å²) in [6.07, 6.45) is 0. The Morgan fingerprint density at radius 2 is 1.76 bits per heavy atom. The van der Waals surface area contributed by atoms with Gasteiger partial charge >= 0.3 is 12.0 Å². The standard InChI is InChI=1S/C17H23N5O3/c1-5-18-15-20-16(19-11(3)4)22-17(21-15)25-13-9-7-12(8-10-13)14(23)24-6-2/h7-11H,5-6H2,1-4H3,(H2,18,19,20,21,22). The number of ether oxygens (including phenoxy) is 2. The SMILES string of the molecule is CCNc1nc(NC(C)C)nc(Oc2ccc(C(=O)OCC)cc2)n1. The van der Waals surface area contributed by atoms with Gasteiger partial charge in [-0.3, -0.25) is 0 Å². The van der Waals surface area contributed by atoms with Crippen molar-refractivity contribution in [2.45, 2.75) is 33.7 Å². The van der Waals surface area contributed by atoms with Gasteiger partial charge in [-0.05, 0) is 52.0 Å². The van der Waals surface area contributed by atoms with Crippen LogP contribution in [0.4, 0.5) is 11.9 Å². The zero-order valence-electron chi connectivity index (χ0n) is 14.9. The predicted octanol–water partition coefficient (Wildman–Crippen LogP) is 3.09. The molecular formula is C17H23N5O3. The van der Waals surface area contributed by atoms with Crippen LogP contribution in [0.3, 0.4) is 0 Å². The maximum Gasteiger partial charge on any atom is 0.338 e. The molecule has 1 aromatic carbocycles. The lowest BCUT2D eigenvalue weighted by atomic mass is 10.2. The van der Waals surface area contributed by atoms with Crippen LogP contribution in [0.1, 0.15) is 38.1 Å². The van der Waals surface area contributed by atoms with Crippen LogP contribution < -0.4 is 15.4 Å². The molecule has 2 N–H and O–H groups in total. The Labute approximate surface area is 147 Å². The molecule has 0 aliphatic rings. The third-order valence-corrected chi connectivity index (χ3v) is 2.94. The molecule has 25 heavy (non-hydrogen) atoms. The van der Waals surface area contributed by atoms with Gasteiger partial charge in [0.05, 0.1) is 12.2 Å². The molecule has 8 nitrogen and oxygen atoms in total. The molecule has 1 heterocycles. The van der Waals surface area contributed by atoms with Gasteiger partial charge in [-0.25, -0.2) is 4.79 Å². The fourth-order valence-electron chi connectivity index (χ4n) is 1.94. The van der Waals surface area contributed by atoms with Gasteiger partial charge in [-0.2, -0.15) is 15.0 Å². The van der Waals surface area contributed by atoms with Crippen molar-refractivity contribution < 1.29 is 14.3 Å². The summed E-state index contributed by atoms with van der Waals surface area (Å²) in [5.74, 6) is 1.00. The monoisotopic (exact) mass is 345 g/mol. The van der Waals surface area contributed by atoms with Crippen molar-refractivity contribution in [2.24, 2.45) is 0 Å². The van der Waals surface area contributed by atoms with Crippen molar-refractivity contribution in [1.29, 1.82) is 0 Å². The highest BCUT2D eigenvalue weighted by Gasteiger charge is 2.10. The molecule has 134 valence electrons. The zero-order chi connectivity index (χ0) is 18.2. The van der Waals surface area contributed by atoms with E-state index in [0.29, 0.717) is 36.4 Å². The Kier molecular flexibility index (Phi) is 6.50. The molecule has 2 rings (SSSR count). The van der Waals surface area contributed by atoms with Gasteiger partial charge in [0.2, 0.25) is 11.9 Å². The first-order chi connectivity index (χ1) is 12.0. The van der Waals surface area contributed by atoms with Crippen molar-refractivity contribution in [1.82, 2.24) is 15.0 Å². The molecule has 8 heteroatoms. The normalized spacial score (nSPS) is 10.4. The summed E-state index contributed by atoms with van der Waals surface area (Å²) in [4.78, 5) is 24.4. The van der Waals surface area contributed by atoms with E-state index in [9.17, 15) is 4.79 Å². The minimum atomic E-state index is -0.368. The number of anilines is 2. The third-order valence-electron chi connectivity index (χ3n) is 2.94. The van der Waals surface area contributed by atoms with Crippen LogP contribution in [0.25, 0.3) is 0 Å². The van der Waals surface area contributed by atoms with E-state index in [4.69, 9.17) is 9.47 Å². The lowest BCUT2D eigenvalue weighted by molar-refractivity contribution is 0.0526. The van der Waals surface area contributed by atoms with Crippen LogP contribution in [-0.4, -0.2) is 40.1 Å². The second kappa shape index (κ2) is 8.81. The summed E-state index contributed by atoms with van der Waals surface area (Å²) in [5.41, 5.74) is 0.459. The molecular weight excluding hydrogens is 322 g/mol. The largest absolute Gasteiger partial charge is 0.462 e. The van der Waals surface area contributed by atoms with Crippen molar-refractivity contribution in [3.63, 3.8) is 0 Å². The number of esters is 1. The second-order valence-electron chi connectivity index (χ2n) is 5.44. The van der Waals surface area contributed by atoms with E-state index >= 15 is 0 Å². The summed E-state index contributed by atoms with van der Waals surface area (Å²) in [7, 11) is 0. The first kappa shape index (κ1) is 18.4. The van der Waals surface area contributed by atoms with Crippen LogP contribution in [0, 0.1) is 0 Å². The second-order valence-corrected chi connectivity index (χ2v) is 5.44. The summed E-state index contributed by atoms with van der Waals surface area (Å²) >= 11 is 0. The van der Waals surface area contributed by atoms with Gasteiger partial charge in [0.15, 0.2) is 0 Å². The molecule has 0 spiro atoms. The van der Waals surface area contributed by atoms with Crippen LogP contribution in [0.15, 0.2) is 24.3 Å². The molecule has 1 aromatic heterocycles. The molecule has 0 saturated carbocycles. The predicted molar refractivity (Wildman–Crippen MR) is 95.2 cm³/mol. The molecule has 0 fully saturated rings. The quantitative estimate of drug-likeness (QED) is 0.704. The Bertz CT molecular complexity index is 704. The molecule has 0 amide bonds. The van der Waals surface area contributed by atoms with Crippen molar-refractivity contribution >= 4 is 17.9 Å². The number of nitrogens with one attached hydrogen (secondary N) is 2. The summed E-state index contributed by atoms with van der Waals surface area (Å²) in [6.45, 7) is 8.71. The average Bonchev–Trinajstić information content (AvgIpc) is 2.55. The Morgan fingerprint density at radius 3 is 2.36 bits per heavy atom. The molecule has 0 aliphatic heterocycles. The minimum absolute atomic E-state index is 0.165. The number of carbonyl (C=O) groups is 1. The van der Waals surface area contributed by atoms with E-state index in [1.807, 2.05) is 20.8 Å². The van der Waals surface area contributed by atoms with Gasteiger partial charge in [-0.15, -0.1) is 0 Å². The van der Waals surface area contributed by atoms with Gasteiger partial charge in [0.25, 0.3) is 0 Å². The molecule has 2 aromatic rings. The fourth-order valence-corrected chi connectivity index (χ4v) is 1.94. The van der Waals surface area contributed by atoms with Crippen LogP contribution in [-0.2, 0) is 4.74 Å². The lowest BCUT2D eigenvalue weighted by Gasteiger charge is -2.11. The average molecular weight is 345 g/mol. The van der Waals surface area contributed by atoms with E-state index in [2.05, 4.69) is 25.6 Å². The lowest BCUT2D eigenvalue weighted by Crippen LogP contribution is -2.15. The van der Waals surface area contributed by atoms with E-state index in [1.165, 1.54) is 0 Å². The first-order valence-corrected chi connectivity index (χ1v) is 8.23. The van der Waals surface area contributed by atoms with E-state index in [0.717, 1.165) is 0 Å². The van der Waals surface area contributed by atoms with Gasteiger partial charge in [0.1, 0.15) is 5.75 Å². The van der Waals surface area contributed by atoms with Crippen molar-refractivity contribution in [2.75, 3.05) is 23.8 Å². The van der Waals surface area contributed by atoms with Crippen LogP contribution in [0.5, 0.6) is 11.8 Å². The van der Waals surface area contributed by atoms with E-state index in [-0.39, 0.29) is 18.0 Å². The first-order valence-electron chi connectivity index (χ1n) is 8.23. The fraction of sp³-hybridized carbons (Fsp3) is 0.412. The summed E-state index contributed by atoms with van der Waals surface area (Å²) < 4.78 is 10.6. The highest BCUT2D eigenvalue weighted by molar-refractivity contribution is 5.89. The summed E-state index contributed by atoms with van der Waals surface area (Å²) in [5, 5.41) is 6.17. The Morgan fingerprint density at radius 1 is 1.08 bits per heavy atom. The summed E-state index contributed by atoms with van der Waals surface area (Å²) in [6, 6.07) is 6.93. The van der Waals surface area contributed by atoms with E-state index in [1.54, 1.807) is 31.2 Å². The maximum absolute atomic E-state index is 11.7. The zero-order valence-corrected chi connectivity index (χ0v) is 14.9. The minimum Gasteiger partial charge on any atom is -0.462 e. The van der Waals surface area contributed by atoms with Gasteiger partial charge in [0, 0.05) is 12.6 Å². The van der Waals surface area contributed by atoms with E-state index < -0.39 is 0 Å². The number of hydrogen-bond donors (Lipinski definition) is 2. The molecule has 0 unspecified atom stereocenters. The third kappa shape index (κ3) is 5.59. The highest BCUT2D eigenvalue weighted by atomic mass is 16.5. The number of benzene rings is 1. The number of nitrogens with zero attached hydrogens (tertiary/aromatic N) is 3. The number of aromatic nitrogens is 3. The smallest absolute Gasteiger partial charge is 0.338 e. The molecule has 0 saturated heterocycles. The van der Waals surface area contributed by atoms with Crippen LogP contribution >= 0.6 is 0 Å². The number of carbonyl (C=O) groups excluding carboxylic acids is 1. The van der Waals surface area contributed by atoms with Crippen molar-refractivity contribution in [3.05, 3.63) is 29.8 Å².